The Kier molecular flexibility index (Phi) is 4.38. The molecule has 1 amide bonds. The maximum Gasteiger partial charge on any atom is 0.387 e. The number of aryl methyl sites for hydroxylation is 2. The van der Waals surface area contributed by atoms with Crippen LogP contribution in [-0.2, 0) is 12.8 Å². The molecule has 0 fully saturated rings. The molecule has 3 aromatic rings. The Balaban J connectivity index is 1.52. The normalized spacial score (nSPS) is 12.4. The summed E-state index contributed by atoms with van der Waals surface area (Å²) in [6, 6.07) is 13.7. The van der Waals surface area contributed by atoms with Crippen LogP contribution in [0.25, 0.3) is 11.3 Å². The average Bonchev–Trinajstić information content (AvgIpc) is 3.04. The second-order valence-corrected chi connectivity index (χ2v) is 6.89. The molecule has 0 saturated carbocycles. The van der Waals surface area contributed by atoms with Gasteiger partial charge in [0.15, 0.2) is 5.13 Å². The van der Waals surface area contributed by atoms with Crippen LogP contribution in [0.3, 0.4) is 0 Å². The van der Waals surface area contributed by atoms with E-state index in [-0.39, 0.29) is 11.7 Å². The topological polar surface area (TPSA) is 51.2 Å². The lowest BCUT2D eigenvalue weighted by Crippen LogP contribution is -2.11. The van der Waals surface area contributed by atoms with Crippen LogP contribution in [-0.4, -0.2) is 17.5 Å². The molecule has 0 atom stereocenters. The number of carbonyl (C=O) groups excluding carboxylic acids is 1. The molecule has 1 heterocycles. The van der Waals surface area contributed by atoms with Gasteiger partial charge in [-0.1, -0.05) is 24.3 Å². The van der Waals surface area contributed by atoms with E-state index in [1.807, 2.05) is 18.2 Å². The molecule has 132 valence electrons. The zero-order valence-corrected chi connectivity index (χ0v) is 14.4. The van der Waals surface area contributed by atoms with E-state index in [0.29, 0.717) is 10.7 Å². The van der Waals surface area contributed by atoms with Crippen LogP contribution in [0, 0.1) is 0 Å². The number of ether oxygens (including phenoxy) is 1. The van der Waals surface area contributed by atoms with Crippen LogP contribution in [0.5, 0.6) is 5.75 Å². The number of amides is 1. The second-order valence-electron chi connectivity index (χ2n) is 5.80. The van der Waals surface area contributed by atoms with E-state index >= 15 is 0 Å². The molecule has 1 aliphatic carbocycles. The Morgan fingerprint density at radius 2 is 1.88 bits per heavy atom. The largest absolute Gasteiger partial charge is 0.435 e. The molecule has 4 rings (SSSR count). The third-order valence-corrected chi connectivity index (χ3v) is 5.18. The fourth-order valence-electron chi connectivity index (χ4n) is 2.96. The van der Waals surface area contributed by atoms with Gasteiger partial charge < -0.3 is 4.74 Å². The van der Waals surface area contributed by atoms with Gasteiger partial charge in [-0.3, -0.25) is 10.1 Å². The number of rotatable bonds is 4. The molecular weight excluding hydrogens is 358 g/mol. The number of nitrogens with zero attached hydrogens (tertiary/aromatic N) is 1. The minimum absolute atomic E-state index is 0.0119. The van der Waals surface area contributed by atoms with Gasteiger partial charge in [-0.25, -0.2) is 4.98 Å². The van der Waals surface area contributed by atoms with Crippen LogP contribution in [0.15, 0.2) is 48.5 Å². The fraction of sp³-hybridized carbons (Fsp3) is 0.158. The number of fused-ring (bicyclic) bond motifs is 3. The quantitative estimate of drug-likeness (QED) is 0.718. The summed E-state index contributed by atoms with van der Waals surface area (Å²) in [7, 11) is 0. The lowest BCUT2D eigenvalue weighted by molar-refractivity contribution is -0.0498. The third kappa shape index (κ3) is 3.30. The number of thiazole rings is 1. The molecule has 0 unspecified atom stereocenters. The van der Waals surface area contributed by atoms with Crippen molar-refractivity contribution in [3.63, 3.8) is 0 Å². The predicted octanol–water partition coefficient (Wildman–Crippen LogP) is 4.76. The van der Waals surface area contributed by atoms with E-state index in [2.05, 4.69) is 21.1 Å². The standard InChI is InChI=1S/C19H14F2N2O2S/c20-18(21)25-13-8-5-12(6-9-13)17(24)23-19-22-16-14-4-2-1-3-11(14)7-10-15(16)26-19/h1-6,8-9,18H,7,10H2,(H,22,23,24). The number of carbonyl (C=O) groups is 1. The molecule has 0 bridgehead atoms. The van der Waals surface area contributed by atoms with E-state index in [1.54, 1.807) is 0 Å². The predicted molar refractivity (Wildman–Crippen MR) is 96.0 cm³/mol. The number of aromatic nitrogens is 1. The van der Waals surface area contributed by atoms with Crippen molar-refractivity contribution < 1.29 is 18.3 Å². The molecule has 0 radical (unpaired) electrons. The van der Waals surface area contributed by atoms with Crippen LogP contribution >= 0.6 is 11.3 Å². The summed E-state index contributed by atoms with van der Waals surface area (Å²) in [6.45, 7) is -2.89. The molecule has 4 nitrogen and oxygen atoms in total. The van der Waals surface area contributed by atoms with Crippen LogP contribution in [0.4, 0.5) is 13.9 Å². The number of alkyl halides is 2. The summed E-state index contributed by atoms with van der Waals surface area (Å²) in [6.07, 6.45) is 1.86. The minimum Gasteiger partial charge on any atom is -0.435 e. The summed E-state index contributed by atoms with van der Waals surface area (Å²) in [5.74, 6) is -0.328. The number of hydrogen-bond acceptors (Lipinski definition) is 4. The highest BCUT2D eigenvalue weighted by molar-refractivity contribution is 7.16. The minimum atomic E-state index is -2.89. The number of hydrogen-bond donors (Lipinski definition) is 1. The lowest BCUT2D eigenvalue weighted by atomic mass is 9.94. The first kappa shape index (κ1) is 16.7. The van der Waals surface area contributed by atoms with Gasteiger partial charge in [0.2, 0.25) is 0 Å². The Labute approximate surface area is 152 Å². The van der Waals surface area contributed by atoms with Gasteiger partial charge in [0.05, 0.1) is 5.69 Å². The maximum absolute atomic E-state index is 12.4. The van der Waals surface area contributed by atoms with Crippen molar-refractivity contribution in [2.45, 2.75) is 19.5 Å². The first-order valence-corrected chi connectivity index (χ1v) is 8.86. The summed E-state index contributed by atoms with van der Waals surface area (Å²) < 4.78 is 28.6. The summed E-state index contributed by atoms with van der Waals surface area (Å²) in [5, 5.41) is 3.32. The monoisotopic (exact) mass is 372 g/mol. The van der Waals surface area contributed by atoms with Gasteiger partial charge in [-0.15, -0.1) is 11.3 Å². The smallest absolute Gasteiger partial charge is 0.387 e. The van der Waals surface area contributed by atoms with Crippen molar-refractivity contribution in [2.24, 2.45) is 0 Å². The summed E-state index contributed by atoms with van der Waals surface area (Å²) >= 11 is 1.47. The Morgan fingerprint density at radius 1 is 1.12 bits per heavy atom. The van der Waals surface area contributed by atoms with Crippen LogP contribution < -0.4 is 10.1 Å². The molecule has 1 N–H and O–H groups in total. The number of nitrogens with one attached hydrogen (secondary N) is 1. The molecule has 0 aliphatic heterocycles. The zero-order valence-electron chi connectivity index (χ0n) is 13.5. The molecule has 0 spiro atoms. The summed E-state index contributed by atoms with van der Waals surface area (Å²) in [4.78, 5) is 18.1. The molecule has 2 aromatic carbocycles. The lowest BCUT2D eigenvalue weighted by Gasteiger charge is -2.13. The SMILES string of the molecule is O=C(Nc1nc2c(s1)CCc1ccccc1-2)c1ccc(OC(F)F)cc1. The highest BCUT2D eigenvalue weighted by atomic mass is 32.1. The van der Waals surface area contributed by atoms with Crippen molar-refractivity contribution in [3.05, 3.63) is 64.5 Å². The van der Waals surface area contributed by atoms with Gasteiger partial charge in [0.25, 0.3) is 5.91 Å². The highest BCUT2D eigenvalue weighted by Crippen LogP contribution is 2.38. The molecule has 1 aliphatic rings. The van der Waals surface area contributed by atoms with E-state index < -0.39 is 6.61 Å². The number of halogens is 2. The van der Waals surface area contributed by atoms with Gasteiger partial charge in [-0.2, -0.15) is 8.78 Å². The van der Waals surface area contributed by atoms with Crippen molar-refractivity contribution in [1.82, 2.24) is 4.98 Å². The van der Waals surface area contributed by atoms with Crippen molar-refractivity contribution >= 4 is 22.4 Å². The van der Waals surface area contributed by atoms with Crippen molar-refractivity contribution in [2.75, 3.05) is 5.32 Å². The highest BCUT2D eigenvalue weighted by Gasteiger charge is 2.21. The van der Waals surface area contributed by atoms with Crippen molar-refractivity contribution in [1.29, 1.82) is 0 Å². The summed E-state index contributed by atoms with van der Waals surface area (Å²) in [5.41, 5.74) is 3.64. The van der Waals surface area contributed by atoms with Crippen LogP contribution in [0.1, 0.15) is 20.8 Å². The van der Waals surface area contributed by atoms with Gasteiger partial charge >= 0.3 is 6.61 Å². The van der Waals surface area contributed by atoms with E-state index in [9.17, 15) is 13.6 Å². The van der Waals surface area contributed by atoms with Gasteiger partial charge in [0.1, 0.15) is 5.75 Å². The number of benzene rings is 2. The molecule has 0 saturated heterocycles. The Bertz CT molecular complexity index is 954. The van der Waals surface area contributed by atoms with Gasteiger partial charge in [0, 0.05) is 16.0 Å². The Morgan fingerprint density at radius 3 is 2.65 bits per heavy atom. The third-order valence-electron chi connectivity index (χ3n) is 4.15. The van der Waals surface area contributed by atoms with Crippen molar-refractivity contribution in [3.8, 4) is 17.0 Å². The van der Waals surface area contributed by atoms with Gasteiger partial charge in [-0.05, 0) is 42.7 Å². The average molecular weight is 372 g/mol. The molecule has 26 heavy (non-hydrogen) atoms. The molecule has 7 heteroatoms. The Hall–Kier alpha value is -2.80. The molecule has 1 aromatic heterocycles. The molecular formula is C19H14F2N2O2S. The second kappa shape index (κ2) is 6.84. The van der Waals surface area contributed by atoms with E-state index in [4.69, 9.17) is 0 Å². The number of anilines is 1. The first-order chi connectivity index (χ1) is 12.6. The fourth-order valence-corrected chi connectivity index (χ4v) is 3.93. The van der Waals surface area contributed by atoms with E-state index in [1.165, 1.54) is 41.2 Å². The first-order valence-electron chi connectivity index (χ1n) is 8.04. The maximum atomic E-state index is 12.4. The van der Waals surface area contributed by atoms with Crippen LogP contribution in [0.2, 0.25) is 0 Å². The zero-order chi connectivity index (χ0) is 18.1. The van der Waals surface area contributed by atoms with E-state index in [0.717, 1.165) is 29.0 Å².